The maximum absolute atomic E-state index is 12.9. The maximum Gasteiger partial charge on any atom is 0.183 e. The van der Waals surface area contributed by atoms with E-state index < -0.39 is 11.6 Å². The molecule has 86 valence electrons. The van der Waals surface area contributed by atoms with Crippen molar-refractivity contribution in [2.24, 2.45) is 0 Å². The molecule has 0 aliphatic heterocycles. The van der Waals surface area contributed by atoms with Crippen molar-refractivity contribution in [3.05, 3.63) is 23.8 Å². The standard InChI is InChI=1S/C10H10F2N2OS/c1-15-3-2-13-10-14-8-4-6(11)7(12)5-9(8)16-10/h4-5H,2-3H2,1H3,(H,13,14). The summed E-state index contributed by atoms with van der Waals surface area (Å²) in [5.74, 6) is -1.72. The van der Waals surface area contributed by atoms with Gasteiger partial charge in [-0.15, -0.1) is 0 Å². The predicted octanol–water partition coefficient (Wildman–Crippen LogP) is 2.63. The summed E-state index contributed by atoms with van der Waals surface area (Å²) >= 11 is 1.29. The molecule has 0 spiro atoms. The fourth-order valence-electron chi connectivity index (χ4n) is 1.26. The first-order valence-corrected chi connectivity index (χ1v) is 5.51. The predicted molar refractivity (Wildman–Crippen MR) is 59.9 cm³/mol. The average Bonchev–Trinajstić information content (AvgIpc) is 2.61. The second kappa shape index (κ2) is 4.71. The molecule has 0 saturated heterocycles. The van der Waals surface area contributed by atoms with Crippen LogP contribution in [-0.2, 0) is 4.74 Å². The van der Waals surface area contributed by atoms with E-state index in [0.717, 1.165) is 12.1 Å². The summed E-state index contributed by atoms with van der Waals surface area (Å²) in [5.41, 5.74) is 0.462. The average molecular weight is 244 g/mol. The van der Waals surface area contributed by atoms with Crippen LogP contribution in [0.15, 0.2) is 12.1 Å². The summed E-state index contributed by atoms with van der Waals surface area (Å²) in [6.45, 7) is 1.17. The van der Waals surface area contributed by atoms with Gasteiger partial charge in [-0.1, -0.05) is 11.3 Å². The van der Waals surface area contributed by atoms with Crippen LogP contribution in [0.3, 0.4) is 0 Å². The van der Waals surface area contributed by atoms with Crippen LogP contribution in [0.4, 0.5) is 13.9 Å². The van der Waals surface area contributed by atoms with Crippen LogP contribution in [-0.4, -0.2) is 25.2 Å². The van der Waals surface area contributed by atoms with Crippen LogP contribution >= 0.6 is 11.3 Å². The number of hydrogen-bond acceptors (Lipinski definition) is 4. The number of rotatable bonds is 4. The van der Waals surface area contributed by atoms with Gasteiger partial charge >= 0.3 is 0 Å². The number of halogens is 2. The van der Waals surface area contributed by atoms with E-state index in [2.05, 4.69) is 10.3 Å². The smallest absolute Gasteiger partial charge is 0.183 e. The van der Waals surface area contributed by atoms with Crippen LogP contribution < -0.4 is 5.32 Å². The zero-order valence-electron chi connectivity index (χ0n) is 8.59. The number of benzene rings is 1. The van der Waals surface area contributed by atoms with E-state index in [1.54, 1.807) is 7.11 Å². The van der Waals surface area contributed by atoms with Gasteiger partial charge in [0.05, 0.1) is 16.8 Å². The third kappa shape index (κ3) is 2.28. The van der Waals surface area contributed by atoms with Gasteiger partial charge in [0.1, 0.15) is 0 Å². The van der Waals surface area contributed by atoms with Gasteiger partial charge in [0.2, 0.25) is 0 Å². The van der Waals surface area contributed by atoms with E-state index in [1.807, 2.05) is 0 Å². The molecular formula is C10H10F2N2OS. The molecule has 0 aliphatic carbocycles. The third-order valence-corrected chi connectivity index (χ3v) is 2.99. The summed E-state index contributed by atoms with van der Waals surface area (Å²) in [5, 5.41) is 3.65. The van der Waals surface area contributed by atoms with E-state index in [0.29, 0.717) is 28.5 Å². The Balaban J connectivity index is 2.23. The lowest BCUT2D eigenvalue weighted by molar-refractivity contribution is 0.211. The Morgan fingerprint density at radius 1 is 1.38 bits per heavy atom. The molecule has 0 saturated carbocycles. The SMILES string of the molecule is COCCNc1nc2cc(F)c(F)cc2s1. The second-order valence-corrected chi connectivity index (χ2v) is 4.20. The summed E-state index contributed by atoms with van der Waals surface area (Å²) in [6.07, 6.45) is 0. The van der Waals surface area contributed by atoms with Crippen molar-refractivity contribution in [1.82, 2.24) is 4.98 Å². The fourth-order valence-corrected chi connectivity index (χ4v) is 2.16. The molecule has 3 nitrogen and oxygen atoms in total. The quantitative estimate of drug-likeness (QED) is 0.839. The minimum Gasteiger partial charge on any atom is -0.383 e. The Labute approximate surface area is 95.1 Å². The van der Waals surface area contributed by atoms with Crippen LogP contribution in [0.2, 0.25) is 0 Å². The molecule has 1 N–H and O–H groups in total. The van der Waals surface area contributed by atoms with Crippen LogP contribution in [0.5, 0.6) is 0 Å². The van der Waals surface area contributed by atoms with E-state index in [9.17, 15) is 8.78 Å². The molecule has 1 heterocycles. The molecule has 0 amide bonds. The molecule has 16 heavy (non-hydrogen) atoms. The Kier molecular flexibility index (Phi) is 3.31. The summed E-state index contributed by atoms with van der Waals surface area (Å²) in [4.78, 5) is 4.13. The van der Waals surface area contributed by atoms with Gasteiger partial charge in [-0.3, -0.25) is 0 Å². The zero-order chi connectivity index (χ0) is 11.5. The Morgan fingerprint density at radius 3 is 2.88 bits per heavy atom. The first-order chi connectivity index (χ1) is 7.70. The Hall–Kier alpha value is -1.27. The molecule has 6 heteroatoms. The topological polar surface area (TPSA) is 34.1 Å². The molecular weight excluding hydrogens is 234 g/mol. The Bertz CT molecular complexity index is 462. The molecule has 1 aromatic heterocycles. The molecule has 0 aliphatic rings. The summed E-state index contributed by atoms with van der Waals surface area (Å²) < 4.78 is 31.3. The van der Waals surface area contributed by atoms with E-state index in [-0.39, 0.29) is 0 Å². The molecule has 2 aromatic rings. The number of hydrogen-bond donors (Lipinski definition) is 1. The number of anilines is 1. The zero-order valence-corrected chi connectivity index (χ0v) is 9.41. The molecule has 0 unspecified atom stereocenters. The van der Waals surface area contributed by atoms with E-state index >= 15 is 0 Å². The van der Waals surface area contributed by atoms with Gasteiger partial charge in [-0.05, 0) is 6.07 Å². The molecule has 1 aromatic carbocycles. The summed E-state index contributed by atoms with van der Waals surface area (Å²) in [7, 11) is 1.60. The first-order valence-electron chi connectivity index (χ1n) is 4.69. The highest BCUT2D eigenvalue weighted by Crippen LogP contribution is 2.27. The van der Waals surface area contributed by atoms with E-state index in [4.69, 9.17) is 4.74 Å². The van der Waals surface area contributed by atoms with Gasteiger partial charge in [-0.2, -0.15) is 0 Å². The van der Waals surface area contributed by atoms with Crippen molar-refractivity contribution < 1.29 is 13.5 Å². The van der Waals surface area contributed by atoms with Crippen LogP contribution in [0.25, 0.3) is 10.2 Å². The second-order valence-electron chi connectivity index (χ2n) is 3.17. The number of ether oxygens (including phenoxy) is 1. The number of aromatic nitrogens is 1. The van der Waals surface area contributed by atoms with Gasteiger partial charge in [-0.25, -0.2) is 13.8 Å². The lowest BCUT2D eigenvalue weighted by Crippen LogP contribution is -2.06. The van der Waals surface area contributed by atoms with Crippen molar-refractivity contribution in [2.75, 3.05) is 25.6 Å². The third-order valence-electron chi connectivity index (χ3n) is 2.01. The monoisotopic (exact) mass is 244 g/mol. The number of nitrogens with zero attached hydrogens (tertiary/aromatic N) is 1. The van der Waals surface area contributed by atoms with Gasteiger partial charge in [0.25, 0.3) is 0 Å². The fraction of sp³-hybridized carbons (Fsp3) is 0.300. The molecule has 0 fully saturated rings. The maximum atomic E-state index is 12.9. The van der Waals surface area contributed by atoms with E-state index in [1.165, 1.54) is 11.3 Å². The minimum atomic E-state index is -0.874. The molecule has 2 rings (SSSR count). The van der Waals surface area contributed by atoms with Gasteiger partial charge in [0, 0.05) is 19.7 Å². The molecule has 0 atom stereocenters. The van der Waals surface area contributed by atoms with Crippen molar-refractivity contribution in [3.8, 4) is 0 Å². The highest BCUT2D eigenvalue weighted by Gasteiger charge is 2.08. The minimum absolute atomic E-state index is 0.462. The lowest BCUT2D eigenvalue weighted by atomic mass is 10.3. The largest absolute Gasteiger partial charge is 0.383 e. The van der Waals surface area contributed by atoms with Crippen molar-refractivity contribution in [2.45, 2.75) is 0 Å². The number of nitrogens with one attached hydrogen (secondary N) is 1. The Morgan fingerprint density at radius 2 is 2.12 bits per heavy atom. The summed E-state index contributed by atoms with van der Waals surface area (Å²) in [6, 6.07) is 2.26. The van der Waals surface area contributed by atoms with Crippen LogP contribution in [0, 0.1) is 11.6 Å². The van der Waals surface area contributed by atoms with Gasteiger partial charge in [0.15, 0.2) is 16.8 Å². The number of thiazole rings is 1. The lowest BCUT2D eigenvalue weighted by Gasteiger charge is -1.99. The van der Waals surface area contributed by atoms with Crippen molar-refractivity contribution in [3.63, 3.8) is 0 Å². The van der Waals surface area contributed by atoms with Crippen molar-refractivity contribution >= 4 is 26.7 Å². The van der Waals surface area contributed by atoms with Crippen molar-refractivity contribution in [1.29, 1.82) is 0 Å². The first kappa shape index (κ1) is 11.2. The molecule has 0 bridgehead atoms. The number of methoxy groups -OCH3 is 1. The highest BCUT2D eigenvalue weighted by atomic mass is 32.1. The normalized spacial score (nSPS) is 10.9. The van der Waals surface area contributed by atoms with Gasteiger partial charge < -0.3 is 10.1 Å². The highest BCUT2D eigenvalue weighted by molar-refractivity contribution is 7.22. The molecule has 0 radical (unpaired) electrons. The number of fused-ring (bicyclic) bond motifs is 1. The van der Waals surface area contributed by atoms with Crippen LogP contribution in [0.1, 0.15) is 0 Å².